The Bertz CT molecular complexity index is 2490. The molecule has 0 unspecified atom stereocenters. The minimum Gasteiger partial charge on any atom is -0.619 e. The van der Waals surface area contributed by atoms with E-state index in [0.29, 0.717) is 35.9 Å². The zero-order valence-corrected chi connectivity index (χ0v) is 40.6. The van der Waals surface area contributed by atoms with Crippen molar-refractivity contribution in [2.45, 2.75) is 125 Å². The van der Waals surface area contributed by atoms with E-state index in [1.807, 2.05) is 76.6 Å². The Hall–Kier alpha value is -5.69. The van der Waals surface area contributed by atoms with Gasteiger partial charge in [-0.3, -0.25) is 9.97 Å². The third kappa shape index (κ3) is 16.5. The van der Waals surface area contributed by atoms with Crippen LogP contribution in [0.4, 0.5) is 0 Å². The number of fused-ring (bicyclic) bond motifs is 4. The molecule has 0 spiro atoms. The second-order valence-corrected chi connectivity index (χ2v) is 18.0. The van der Waals surface area contributed by atoms with Crippen molar-refractivity contribution in [1.82, 2.24) is 9.97 Å². The molecule has 6 nitrogen and oxygen atoms in total. The van der Waals surface area contributed by atoms with Gasteiger partial charge in [-0.2, -0.15) is 4.73 Å². The summed E-state index contributed by atoms with van der Waals surface area (Å²) in [6, 6.07) is 42.0. The highest BCUT2D eigenvalue weighted by molar-refractivity contribution is 5.86. The maximum Gasteiger partial charge on any atom is 0.188 e. The number of aromatic nitrogens is 3. The lowest BCUT2D eigenvalue weighted by Gasteiger charge is -2.09. The average molecular weight is 860 g/mol. The predicted octanol–water partition coefficient (Wildman–Crippen LogP) is 15.5. The Balaban J connectivity index is 0.000000176. The van der Waals surface area contributed by atoms with Gasteiger partial charge < -0.3 is 14.7 Å². The van der Waals surface area contributed by atoms with Gasteiger partial charge in [-0.15, -0.1) is 0 Å². The Labute approximate surface area is 384 Å². The number of rotatable bonds is 10. The molecule has 0 N–H and O–H groups in total. The Kier molecular flexibility index (Phi) is 20.8. The highest BCUT2D eigenvalue weighted by Crippen LogP contribution is 2.25. The zero-order valence-electron chi connectivity index (χ0n) is 40.6. The minimum atomic E-state index is 0.342. The van der Waals surface area contributed by atoms with Crippen LogP contribution in [0, 0.1) is 5.21 Å². The largest absolute Gasteiger partial charge is 0.619 e. The molecule has 8 aromatic rings. The Morgan fingerprint density at radius 2 is 0.953 bits per heavy atom. The molecular formula is C58H73N3O3. The maximum absolute atomic E-state index is 11.3. The summed E-state index contributed by atoms with van der Waals surface area (Å²) < 4.78 is 11.6. The summed E-state index contributed by atoms with van der Waals surface area (Å²) in [5.74, 6) is 2.04. The van der Waals surface area contributed by atoms with Crippen molar-refractivity contribution < 1.29 is 14.2 Å². The summed E-state index contributed by atoms with van der Waals surface area (Å²) in [6.07, 6.45) is 10.8. The van der Waals surface area contributed by atoms with Gasteiger partial charge in [0, 0.05) is 59.2 Å². The lowest BCUT2D eigenvalue weighted by Crippen LogP contribution is -2.25. The van der Waals surface area contributed by atoms with Gasteiger partial charge in [0.2, 0.25) is 0 Å². The number of hydrogen-bond acceptors (Lipinski definition) is 5. The molecule has 8 rings (SSSR count). The highest BCUT2D eigenvalue weighted by atomic mass is 16.5. The minimum absolute atomic E-state index is 0.342. The molecule has 0 atom stereocenters. The number of pyridine rings is 3. The molecular weight excluding hydrogens is 787 g/mol. The van der Waals surface area contributed by atoms with E-state index in [-0.39, 0.29) is 0 Å². The summed E-state index contributed by atoms with van der Waals surface area (Å²) >= 11 is 0. The quantitative estimate of drug-likeness (QED) is 0.0778. The molecule has 0 aliphatic rings. The molecule has 0 bridgehead atoms. The first kappa shape index (κ1) is 50.9. The fourth-order valence-corrected chi connectivity index (χ4v) is 6.99. The van der Waals surface area contributed by atoms with Crippen LogP contribution in [-0.2, 0) is 9.47 Å². The first-order valence-electron chi connectivity index (χ1n) is 23.1. The van der Waals surface area contributed by atoms with E-state index in [4.69, 9.17) is 9.47 Å². The second-order valence-electron chi connectivity index (χ2n) is 18.0. The van der Waals surface area contributed by atoms with Gasteiger partial charge in [0.05, 0.1) is 12.2 Å². The zero-order chi connectivity index (χ0) is 46.6. The highest BCUT2D eigenvalue weighted by Gasteiger charge is 2.09. The molecule has 0 radical (unpaired) electrons. The molecule has 0 saturated heterocycles. The fourth-order valence-electron chi connectivity index (χ4n) is 6.99. The number of benzene rings is 5. The number of nitrogens with zero attached hydrogens (tertiary/aromatic N) is 3. The smallest absolute Gasteiger partial charge is 0.188 e. The maximum atomic E-state index is 11.3. The van der Waals surface area contributed by atoms with Crippen LogP contribution in [0.5, 0.6) is 0 Å². The molecule has 5 aromatic carbocycles. The summed E-state index contributed by atoms with van der Waals surface area (Å²) in [5, 5.41) is 21.2. The van der Waals surface area contributed by atoms with E-state index in [0.717, 1.165) is 35.3 Å². The number of hydrogen-bond donors (Lipinski definition) is 0. The lowest BCUT2D eigenvalue weighted by molar-refractivity contribution is -0.604. The molecule has 0 saturated carbocycles. The molecule has 0 fully saturated rings. The summed E-state index contributed by atoms with van der Waals surface area (Å²) in [4.78, 5) is 8.64. The van der Waals surface area contributed by atoms with Crippen LogP contribution >= 0.6 is 0 Å². The molecule has 3 aromatic heterocycles. The van der Waals surface area contributed by atoms with Crippen LogP contribution in [0.3, 0.4) is 0 Å². The molecule has 3 heterocycles. The van der Waals surface area contributed by atoms with Gasteiger partial charge in [0.25, 0.3) is 0 Å². The van der Waals surface area contributed by atoms with E-state index in [1.165, 1.54) is 54.5 Å². The predicted molar refractivity (Wildman–Crippen MR) is 273 cm³/mol. The SMILES string of the molecule is CC(C)OCCCOC(C)C.CC(C)c1c[n+]([O-])cc2ccccc12.CC(C)c1cc2ccccc2cn1.CC(C)c1ccc2ccccc2c1.CC(C)c1cncc2ccccc12. The Morgan fingerprint density at radius 1 is 0.453 bits per heavy atom. The van der Waals surface area contributed by atoms with Crippen LogP contribution in [0.15, 0.2) is 152 Å². The van der Waals surface area contributed by atoms with E-state index >= 15 is 0 Å². The summed E-state index contributed by atoms with van der Waals surface area (Å²) in [5.41, 5.74) is 5.02. The van der Waals surface area contributed by atoms with Crippen LogP contribution in [0.2, 0.25) is 0 Å². The van der Waals surface area contributed by atoms with E-state index in [9.17, 15) is 5.21 Å². The Morgan fingerprint density at radius 3 is 1.50 bits per heavy atom. The third-order valence-electron chi connectivity index (χ3n) is 10.6. The van der Waals surface area contributed by atoms with Gasteiger partial charge in [0.15, 0.2) is 12.4 Å². The van der Waals surface area contributed by atoms with Crippen LogP contribution in [0.1, 0.15) is 136 Å². The first-order valence-corrected chi connectivity index (χ1v) is 23.1. The number of ether oxygens (including phenoxy) is 2. The van der Waals surface area contributed by atoms with Gasteiger partial charge in [-0.05, 0) is 108 Å². The van der Waals surface area contributed by atoms with Crippen molar-refractivity contribution in [3.05, 3.63) is 180 Å². The van der Waals surface area contributed by atoms with Gasteiger partial charge in [-0.1, -0.05) is 165 Å². The van der Waals surface area contributed by atoms with Crippen molar-refractivity contribution in [1.29, 1.82) is 0 Å². The van der Waals surface area contributed by atoms with Gasteiger partial charge in [-0.25, -0.2) is 0 Å². The van der Waals surface area contributed by atoms with Crippen LogP contribution in [-0.4, -0.2) is 35.4 Å². The molecule has 338 valence electrons. The van der Waals surface area contributed by atoms with Gasteiger partial charge in [0.1, 0.15) is 0 Å². The molecule has 0 aliphatic carbocycles. The van der Waals surface area contributed by atoms with Crippen molar-refractivity contribution in [2.75, 3.05) is 13.2 Å². The van der Waals surface area contributed by atoms with Crippen LogP contribution in [0.25, 0.3) is 43.1 Å². The van der Waals surface area contributed by atoms with Crippen molar-refractivity contribution in [3.8, 4) is 0 Å². The molecule has 6 heteroatoms. The summed E-state index contributed by atoms with van der Waals surface area (Å²) in [6.45, 7) is 27.2. The van der Waals surface area contributed by atoms with Crippen LogP contribution < -0.4 is 4.73 Å². The van der Waals surface area contributed by atoms with Crippen molar-refractivity contribution >= 4 is 43.1 Å². The molecule has 0 aliphatic heterocycles. The van der Waals surface area contributed by atoms with Crippen molar-refractivity contribution in [2.24, 2.45) is 0 Å². The standard InChI is InChI=1S/C13H14.C12H13NO.2C12H13N.C9H20O2/c1-10(2)12-8-7-11-5-3-4-6-13(11)9-12;1-9(2)12-8-13(14)7-10-5-3-4-6-11(10)12;1-9(2)12-8-13-7-10-5-3-4-6-11(10)12;1-9(2)12-7-10-5-3-4-6-11(10)8-13-12;1-8(2)10-6-5-7-11-9(3)4/h3-10H,1-2H3;3-9H,1-2H3;2*3-9H,1-2H3;8-9H,5-7H2,1-4H3. The molecule has 64 heavy (non-hydrogen) atoms. The normalized spacial score (nSPS) is 11.1. The van der Waals surface area contributed by atoms with Crippen molar-refractivity contribution in [3.63, 3.8) is 0 Å². The monoisotopic (exact) mass is 860 g/mol. The van der Waals surface area contributed by atoms with E-state index < -0.39 is 0 Å². The first-order chi connectivity index (χ1) is 30.6. The topological polar surface area (TPSA) is 71.2 Å². The summed E-state index contributed by atoms with van der Waals surface area (Å²) in [7, 11) is 0. The third-order valence-corrected chi connectivity index (χ3v) is 10.6. The average Bonchev–Trinajstić information content (AvgIpc) is 3.28. The van der Waals surface area contributed by atoms with E-state index in [1.54, 1.807) is 12.4 Å². The lowest BCUT2D eigenvalue weighted by atomic mass is 9.99. The van der Waals surface area contributed by atoms with E-state index in [2.05, 4.69) is 156 Å². The van der Waals surface area contributed by atoms with Gasteiger partial charge >= 0.3 is 0 Å². The fraction of sp³-hybridized carbons (Fsp3) is 0.362. The second kappa shape index (κ2) is 26.2. The molecule has 0 amide bonds.